The highest BCUT2D eigenvalue weighted by Gasteiger charge is 2.34. The smallest absolute Gasteiger partial charge is 0.495 e. The Hall–Kier alpha value is -3.02. The molecule has 0 aromatic heterocycles. The Kier molecular flexibility index (Phi) is 5.55. The number of methoxy groups -OCH3 is 2. The van der Waals surface area contributed by atoms with Crippen LogP contribution in [-0.4, -0.2) is 31.6 Å². The standard InChI is InChI=1S/C17H11ClF6O6/c1-27-13-8(4-3-7(12(13)19)30-17(22,23)24)29-9-5-6(18)10(15(20)21)14(28-2)11(9)16(25)26/h3-5,15H,1-2H3,(H,25,26)/i1D3. The minimum Gasteiger partial charge on any atom is -0.495 e. The normalized spacial score (nSPS) is 13.3. The molecule has 164 valence electrons. The molecule has 0 radical (unpaired) electrons. The van der Waals surface area contributed by atoms with E-state index in [0.717, 1.165) is 7.11 Å². The summed E-state index contributed by atoms with van der Waals surface area (Å²) < 4.78 is 118. The zero-order chi connectivity index (χ0) is 25.3. The summed E-state index contributed by atoms with van der Waals surface area (Å²) in [5.74, 6) is -9.43. The minimum absolute atomic E-state index is 0.386. The van der Waals surface area contributed by atoms with Gasteiger partial charge in [-0.25, -0.2) is 13.6 Å². The second-order valence-corrected chi connectivity index (χ2v) is 5.65. The van der Waals surface area contributed by atoms with Crippen LogP contribution in [0.5, 0.6) is 28.7 Å². The van der Waals surface area contributed by atoms with Gasteiger partial charge in [-0.15, -0.1) is 13.2 Å². The molecule has 1 N–H and O–H groups in total. The second kappa shape index (κ2) is 8.78. The van der Waals surface area contributed by atoms with Gasteiger partial charge in [-0.3, -0.25) is 0 Å². The van der Waals surface area contributed by atoms with Gasteiger partial charge < -0.3 is 24.1 Å². The molecule has 0 heterocycles. The zero-order valence-corrected chi connectivity index (χ0v) is 15.2. The first-order chi connectivity index (χ1) is 15.1. The van der Waals surface area contributed by atoms with Gasteiger partial charge in [0.1, 0.15) is 17.1 Å². The van der Waals surface area contributed by atoms with Crippen molar-refractivity contribution in [1.29, 1.82) is 0 Å². The van der Waals surface area contributed by atoms with Crippen molar-refractivity contribution in [3.05, 3.63) is 40.2 Å². The Morgan fingerprint density at radius 3 is 2.30 bits per heavy atom. The van der Waals surface area contributed by atoms with Crippen LogP contribution < -0.4 is 18.9 Å². The maximum absolute atomic E-state index is 14.6. The summed E-state index contributed by atoms with van der Waals surface area (Å²) in [6.45, 7) is 0. The maximum atomic E-state index is 14.6. The molecule has 6 nitrogen and oxygen atoms in total. The SMILES string of the molecule is [2H]C([2H])([2H])Oc1c(Oc2cc(Cl)c(C(F)F)c(OC)c2C(=O)O)ccc(OC(F)(F)F)c1F. The van der Waals surface area contributed by atoms with E-state index < -0.39 is 76.5 Å². The van der Waals surface area contributed by atoms with Crippen molar-refractivity contribution in [2.45, 2.75) is 12.8 Å². The summed E-state index contributed by atoms with van der Waals surface area (Å²) in [6.07, 6.45) is -8.64. The van der Waals surface area contributed by atoms with Gasteiger partial charge in [0.05, 0.1) is 28.8 Å². The van der Waals surface area contributed by atoms with E-state index in [-0.39, 0.29) is 0 Å². The van der Waals surface area contributed by atoms with E-state index in [4.69, 9.17) is 25.2 Å². The average molecular weight is 464 g/mol. The molecular formula is C17H11ClF6O6. The van der Waals surface area contributed by atoms with Crippen LogP contribution in [0, 0.1) is 5.82 Å². The van der Waals surface area contributed by atoms with Gasteiger partial charge >= 0.3 is 12.3 Å². The fourth-order valence-electron chi connectivity index (χ4n) is 2.34. The molecule has 0 saturated heterocycles. The van der Waals surface area contributed by atoms with E-state index in [2.05, 4.69) is 9.47 Å². The molecule has 0 saturated carbocycles. The lowest BCUT2D eigenvalue weighted by atomic mass is 10.1. The Morgan fingerprint density at radius 2 is 1.80 bits per heavy atom. The molecule has 13 heteroatoms. The minimum atomic E-state index is -5.36. The van der Waals surface area contributed by atoms with Gasteiger partial charge in [-0.1, -0.05) is 11.6 Å². The monoisotopic (exact) mass is 463 g/mol. The van der Waals surface area contributed by atoms with Crippen molar-refractivity contribution in [2.24, 2.45) is 0 Å². The molecule has 0 bridgehead atoms. The second-order valence-electron chi connectivity index (χ2n) is 5.24. The molecule has 2 rings (SSSR count). The molecular weight excluding hydrogens is 450 g/mol. The predicted molar refractivity (Wildman–Crippen MR) is 89.6 cm³/mol. The van der Waals surface area contributed by atoms with Crippen LogP contribution in [0.4, 0.5) is 26.3 Å². The molecule has 0 fully saturated rings. The van der Waals surface area contributed by atoms with Gasteiger partial charge in [0.25, 0.3) is 6.43 Å². The number of carboxylic acid groups (broad SMARTS) is 1. The van der Waals surface area contributed by atoms with Crippen molar-refractivity contribution in [1.82, 2.24) is 0 Å². The van der Waals surface area contributed by atoms with Crippen LogP contribution in [-0.2, 0) is 0 Å². The topological polar surface area (TPSA) is 74.2 Å². The highest BCUT2D eigenvalue weighted by Crippen LogP contribution is 2.46. The number of alkyl halides is 5. The molecule has 30 heavy (non-hydrogen) atoms. The third kappa shape index (κ3) is 4.75. The molecule has 0 aliphatic heterocycles. The number of carbonyl (C=O) groups is 1. The molecule has 2 aromatic rings. The third-order valence-electron chi connectivity index (χ3n) is 3.44. The lowest BCUT2D eigenvalue weighted by Gasteiger charge is -2.18. The molecule has 0 aliphatic rings. The Labute approximate surface area is 173 Å². The summed E-state index contributed by atoms with van der Waals surface area (Å²) in [6, 6.07) is 1.54. The molecule has 0 unspecified atom stereocenters. The van der Waals surface area contributed by atoms with Crippen LogP contribution >= 0.6 is 11.6 Å². The van der Waals surface area contributed by atoms with E-state index in [1.54, 1.807) is 0 Å². The number of hydrogen-bond donors (Lipinski definition) is 1. The Bertz CT molecular complexity index is 1060. The third-order valence-corrected chi connectivity index (χ3v) is 3.76. The predicted octanol–water partition coefficient (Wildman–Crippen LogP) is 5.82. The van der Waals surface area contributed by atoms with Gasteiger partial charge in [0, 0.05) is 6.07 Å². The summed E-state index contributed by atoms with van der Waals surface area (Å²) >= 11 is 5.75. The summed E-state index contributed by atoms with van der Waals surface area (Å²) in [4.78, 5) is 11.7. The number of ether oxygens (including phenoxy) is 4. The zero-order valence-electron chi connectivity index (χ0n) is 17.4. The fraction of sp³-hybridized carbons (Fsp3) is 0.235. The summed E-state index contributed by atoms with van der Waals surface area (Å²) in [7, 11) is -2.56. The van der Waals surface area contributed by atoms with Gasteiger partial charge in [0.15, 0.2) is 11.5 Å². The number of aromatic carboxylic acids is 1. The van der Waals surface area contributed by atoms with Gasteiger partial charge in [-0.2, -0.15) is 4.39 Å². The first-order valence-corrected chi connectivity index (χ1v) is 7.80. The fourth-order valence-corrected chi connectivity index (χ4v) is 2.60. The van der Waals surface area contributed by atoms with E-state index >= 15 is 0 Å². The lowest BCUT2D eigenvalue weighted by Crippen LogP contribution is -2.18. The number of halogens is 7. The van der Waals surface area contributed by atoms with Crippen molar-refractivity contribution in [3.8, 4) is 28.7 Å². The van der Waals surface area contributed by atoms with Crippen LogP contribution in [0.2, 0.25) is 5.02 Å². The van der Waals surface area contributed by atoms with Crippen LogP contribution in [0.25, 0.3) is 0 Å². The van der Waals surface area contributed by atoms with Crippen molar-refractivity contribution in [3.63, 3.8) is 0 Å². The Balaban J connectivity index is 2.73. The average Bonchev–Trinajstić information content (AvgIpc) is 2.63. The van der Waals surface area contributed by atoms with Gasteiger partial charge in [0.2, 0.25) is 11.6 Å². The molecule has 0 amide bonds. The largest absolute Gasteiger partial charge is 0.573 e. The Morgan fingerprint density at radius 1 is 1.17 bits per heavy atom. The van der Waals surface area contributed by atoms with Crippen molar-refractivity contribution in [2.75, 3.05) is 14.1 Å². The van der Waals surface area contributed by atoms with E-state index in [0.29, 0.717) is 18.2 Å². The first kappa shape index (κ1) is 19.0. The maximum Gasteiger partial charge on any atom is 0.573 e. The number of hydrogen-bond acceptors (Lipinski definition) is 5. The summed E-state index contributed by atoms with van der Waals surface area (Å²) in [5, 5.41) is 8.71. The number of rotatable bonds is 7. The van der Waals surface area contributed by atoms with Crippen molar-refractivity contribution < 1.29 is 59.3 Å². The quantitative estimate of drug-likeness (QED) is 0.521. The van der Waals surface area contributed by atoms with Crippen molar-refractivity contribution >= 4 is 17.6 Å². The molecule has 2 aromatic carbocycles. The number of benzene rings is 2. The van der Waals surface area contributed by atoms with Crippen LogP contribution in [0.1, 0.15) is 26.5 Å². The van der Waals surface area contributed by atoms with Crippen LogP contribution in [0.3, 0.4) is 0 Å². The molecule has 0 spiro atoms. The first-order valence-electron chi connectivity index (χ1n) is 8.92. The van der Waals surface area contributed by atoms with Gasteiger partial charge in [-0.05, 0) is 12.1 Å². The molecule has 0 atom stereocenters. The summed E-state index contributed by atoms with van der Waals surface area (Å²) in [5.41, 5.74) is -2.03. The lowest BCUT2D eigenvalue weighted by molar-refractivity contribution is -0.275. The molecule has 0 aliphatic carbocycles. The van der Waals surface area contributed by atoms with E-state index in [9.17, 15) is 36.2 Å². The highest BCUT2D eigenvalue weighted by molar-refractivity contribution is 6.32. The number of carboxylic acids is 1. The van der Waals surface area contributed by atoms with E-state index in [1.807, 2.05) is 0 Å². The van der Waals surface area contributed by atoms with Crippen LogP contribution in [0.15, 0.2) is 18.2 Å². The van der Waals surface area contributed by atoms with E-state index in [1.165, 1.54) is 0 Å². The highest BCUT2D eigenvalue weighted by atomic mass is 35.5.